The highest BCUT2D eigenvalue weighted by Gasteiger charge is 2.23. The number of aromatic nitrogens is 2. The highest BCUT2D eigenvalue weighted by atomic mass is 16.5. The Morgan fingerprint density at radius 2 is 1.67 bits per heavy atom. The SMILES string of the molecule is Cc1cc(C)c(-c2nc(C(C)(C)N)no2)c(C)c1. The molecule has 4 heteroatoms. The lowest BCUT2D eigenvalue weighted by Crippen LogP contribution is -2.30. The topological polar surface area (TPSA) is 64.9 Å². The van der Waals surface area contributed by atoms with Crippen LogP contribution in [0.15, 0.2) is 16.7 Å². The third-order valence-corrected chi connectivity index (χ3v) is 2.89. The van der Waals surface area contributed by atoms with Gasteiger partial charge in [0.1, 0.15) is 0 Å². The van der Waals surface area contributed by atoms with Crippen molar-refractivity contribution in [3.8, 4) is 11.5 Å². The van der Waals surface area contributed by atoms with E-state index in [1.54, 1.807) is 0 Å². The highest BCUT2D eigenvalue weighted by Crippen LogP contribution is 2.28. The van der Waals surface area contributed by atoms with Crippen LogP contribution < -0.4 is 5.73 Å². The fraction of sp³-hybridized carbons (Fsp3) is 0.429. The molecular weight excluding hydrogens is 226 g/mol. The molecule has 0 aliphatic rings. The summed E-state index contributed by atoms with van der Waals surface area (Å²) in [6.45, 7) is 9.89. The third-order valence-electron chi connectivity index (χ3n) is 2.89. The maximum absolute atomic E-state index is 5.96. The molecule has 1 heterocycles. The zero-order valence-corrected chi connectivity index (χ0v) is 11.5. The largest absolute Gasteiger partial charge is 0.334 e. The lowest BCUT2D eigenvalue weighted by molar-refractivity contribution is 0.397. The van der Waals surface area contributed by atoms with Crippen molar-refractivity contribution in [3.63, 3.8) is 0 Å². The van der Waals surface area contributed by atoms with E-state index in [9.17, 15) is 0 Å². The molecule has 0 radical (unpaired) electrons. The third kappa shape index (κ3) is 2.29. The van der Waals surface area contributed by atoms with Crippen LogP contribution in [-0.2, 0) is 5.54 Å². The van der Waals surface area contributed by atoms with Crippen molar-refractivity contribution in [1.29, 1.82) is 0 Å². The first-order chi connectivity index (χ1) is 8.29. The minimum atomic E-state index is -0.589. The molecule has 18 heavy (non-hydrogen) atoms. The second-order valence-electron chi connectivity index (χ2n) is 5.42. The van der Waals surface area contributed by atoms with Gasteiger partial charge in [-0.3, -0.25) is 0 Å². The molecule has 1 aromatic heterocycles. The van der Waals surface area contributed by atoms with Gasteiger partial charge in [0.25, 0.3) is 5.89 Å². The summed E-state index contributed by atoms with van der Waals surface area (Å²) in [5, 5.41) is 3.96. The highest BCUT2D eigenvalue weighted by molar-refractivity contribution is 5.63. The van der Waals surface area contributed by atoms with E-state index in [2.05, 4.69) is 29.2 Å². The maximum atomic E-state index is 5.96. The maximum Gasteiger partial charge on any atom is 0.258 e. The average Bonchev–Trinajstić information content (AvgIpc) is 2.64. The van der Waals surface area contributed by atoms with E-state index in [0.29, 0.717) is 11.7 Å². The van der Waals surface area contributed by atoms with E-state index < -0.39 is 5.54 Å². The molecule has 0 unspecified atom stereocenters. The molecular formula is C14H19N3O. The number of hydrogen-bond donors (Lipinski definition) is 1. The Morgan fingerprint density at radius 3 is 2.11 bits per heavy atom. The van der Waals surface area contributed by atoms with Crippen LogP contribution in [0.1, 0.15) is 36.4 Å². The summed E-state index contributed by atoms with van der Waals surface area (Å²) in [7, 11) is 0. The van der Waals surface area contributed by atoms with E-state index in [1.165, 1.54) is 5.56 Å². The fourth-order valence-electron chi connectivity index (χ4n) is 2.10. The summed E-state index contributed by atoms with van der Waals surface area (Å²) >= 11 is 0. The van der Waals surface area contributed by atoms with Crippen LogP contribution in [0.5, 0.6) is 0 Å². The van der Waals surface area contributed by atoms with Crippen LogP contribution in [-0.4, -0.2) is 10.1 Å². The van der Waals surface area contributed by atoms with Gasteiger partial charge in [0.05, 0.1) is 5.54 Å². The minimum absolute atomic E-state index is 0.525. The quantitative estimate of drug-likeness (QED) is 0.883. The Labute approximate surface area is 107 Å². The molecule has 0 saturated carbocycles. The van der Waals surface area contributed by atoms with E-state index in [0.717, 1.165) is 16.7 Å². The molecule has 4 nitrogen and oxygen atoms in total. The standard InChI is InChI=1S/C14H19N3O/c1-8-6-9(2)11(10(3)7-8)12-16-13(17-18-12)14(4,5)15/h6-7H,15H2,1-5H3. The van der Waals surface area contributed by atoms with Gasteiger partial charge in [0, 0.05) is 5.56 Å². The number of aryl methyl sites for hydroxylation is 3. The summed E-state index contributed by atoms with van der Waals surface area (Å²) in [6, 6.07) is 4.22. The van der Waals surface area contributed by atoms with Gasteiger partial charge in [0.15, 0.2) is 5.82 Å². The Morgan fingerprint density at radius 1 is 1.11 bits per heavy atom. The van der Waals surface area contributed by atoms with E-state index in [4.69, 9.17) is 10.3 Å². The second kappa shape index (κ2) is 4.21. The van der Waals surface area contributed by atoms with Crippen molar-refractivity contribution in [2.75, 3.05) is 0 Å². The Kier molecular flexibility index (Phi) is 2.99. The van der Waals surface area contributed by atoms with Crippen molar-refractivity contribution in [2.24, 2.45) is 5.73 Å². The van der Waals surface area contributed by atoms with Gasteiger partial charge in [-0.2, -0.15) is 4.98 Å². The number of nitrogens with two attached hydrogens (primary N) is 1. The molecule has 0 aliphatic carbocycles. The minimum Gasteiger partial charge on any atom is -0.334 e. The average molecular weight is 245 g/mol. The summed E-state index contributed by atoms with van der Waals surface area (Å²) < 4.78 is 5.34. The first kappa shape index (κ1) is 12.8. The first-order valence-corrected chi connectivity index (χ1v) is 6.00. The zero-order chi connectivity index (χ0) is 13.5. The van der Waals surface area contributed by atoms with Crippen LogP contribution in [0, 0.1) is 20.8 Å². The van der Waals surface area contributed by atoms with Crippen LogP contribution >= 0.6 is 0 Å². The lowest BCUT2D eigenvalue weighted by atomic mass is 10.00. The molecule has 2 rings (SSSR count). The second-order valence-corrected chi connectivity index (χ2v) is 5.42. The molecule has 96 valence electrons. The zero-order valence-electron chi connectivity index (χ0n) is 11.5. The van der Waals surface area contributed by atoms with Gasteiger partial charge < -0.3 is 10.3 Å². The fourth-order valence-corrected chi connectivity index (χ4v) is 2.10. The Bertz CT molecular complexity index is 556. The Balaban J connectivity index is 2.53. The van der Waals surface area contributed by atoms with Crippen molar-refractivity contribution in [1.82, 2.24) is 10.1 Å². The molecule has 0 spiro atoms. The molecule has 1 aromatic carbocycles. The van der Waals surface area contributed by atoms with Gasteiger partial charge in [-0.05, 0) is 45.7 Å². The molecule has 2 aromatic rings. The van der Waals surface area contributed by atoms with Gasteiger partial charge in [0.2, 0.25) is 0 Å². The monoisotopic (exact) mass is 245 g/mol. The summed E-state index contributed by atoms with van der Waals surface area (Å²) in [5.41, 5.74) is 9.88. The van der Waals surface area contributed by atoms with E-state index in [1.807, 2.05) is 27.7 Å². The van der Waals surface area contributed by atoms with Crippen molar-refractivity contribution in [3.05, 3.63) is 34.6 Å². The molecule has 0 atom stereocenters. The predicted molar refractivity (Wildman–Crippen MR) is 71.2 cm³/mol. The number of hydrogen-bond acceptors (Lipinski definition) is 4. The van der Waals surface area contributed by atoms with Gasteiger partial charge >= 0.3 is 0 Å². The smallest absolute Gasteiger partial charge is 0.258 e. The molecule has 2 N–H and O–H groups in total. The first-order valence-electron chi connectivity index (χ1n) is 6.00. The van der Waals surface area contributed by atoms with E-state index in [-0.39, 0.29) is 0 Å². The Hall–Kier alpha value is -1.68. The van der Waals surface area contributed by atoms with E-state index >= 15 is 0 Å². The van der Waals surface area contributed by atoms with Crippen molar-refractivity contribution < 1.29 is 4.52 Å². The van der Waals surface area contributed by atoms with Crippen LogP contribution in [0.2, 0.25) is 0 Å². The predicted octanol–water partition coefficient (Wildman–Crippen LogP) is 2.86. The molecule has 0 fully saturated rings. The van der Waals surface area contributed by atoms with Crippen molar-refractivity contribution in [2.45, 2.75) is 40.2 Å². The van der Waals surface area contributed by atoms with Gasteiger partial charge in [-0.25, -0.2) is 0 Å². The molecule has 0 bridgehead atoms. The summed E-state index contributed by atoms with van der Waals surface area (Å²) in [6.07, 6.45) is 0. The molecule has 0 saturated heterocycles. The normalized spacial score (nSPS) is 11.9. The number of benzene rings is 1. The molecule has 0 aliphatic heterocycles. The van der Waals surface area contributed by atoms with Crippen LogP contribution in [0.25, 0.3) is 11.5 Å². The van der Waals surface area contributed by atoms with Crippen molar-refractivity contribution >= 4 is 0 Å². The summed E-state index contributed by atoms with van der Waals surface area (Å²) in [4.78, 5) is 4.40. The van der Waals surface area contributed by atoms with Gasteiger partial charge in [-0.1, -0.05) is 22.9 Å². The number of nitrogens with zero attached hydrogens (tertiary/aromatic N) is 2. The molecule has 0 amide bonds. The van der Waals surface area contributed by atoms with Crippen LogP contribution in [0.4, 0.5) is 0 Å². The lowest BCUT2D eigenvalue weighted by Gasteiger charge is -2.11. The van der Waals surface area contributed by atoms with Gasteiger partial charge in [-0.15, -0.1) is 0 Å². The number of rotatable bonds is 2. The van der Waals surface area contributed by atoms with Crippen LogP contribution in [0.3, 0.4) is 0 Å². The summed E-state index contributed by atoms with van der Waals surface area (Å²) in [5.74, 6) is 1.07.